The quantitative estimate of drug-likeness (QED) is 0.794. The van der Waals surface area contributed by atoms with Crippen LogP contribution in [0.5, 0.6) is 0 Å². The van der Waals surface area contributed by atoms with Gasteiger partial charge in [-0.15, -0.1) is 0 Å². The summed E-state index contributed by atoms with van der Waals surface area (Å²) in [6.45, 7) is 8.42. The minimum Gasteiger partial charge on any atom is -0.378 e. The zero-order chi connectivity index (χ0) is 14.4. The molecule has 3 atom stereocenters. The minimum absolute atomic E-state index is 0.274. The molecule has 1 saturated heterocycles. The molecule has 0 bridgehead atoms. The molecule has 0 radical (unpaired) electrons. The lowest BCUT2D eigenvalue weighted by atomic mass is 9.98. The zero-order valence-corrected chi connectivity index (χ0v) is 12.9. The molecule has 5 nitrogen and oxygen atoms in total. The Balaban J connectivity index is 1.94. The summed E-state index contributed by atoms with van der Waals surface area (Å²) in [5, 5.41) is 7.63. The van der Waals surface area contributed by atoms with Crippen molar-refractivity contribution in [3.8, 4) is 0 Å². The molecule has 0 saturated carbocycles. The van der Waals surface area contributed by atoms with E-state index in [2.05, 4.69) is 36.2 Å². The molecule has 2 rings (SSSR count). The second-order valence-corrected chi connectivity index (χ2v) is 5.65. The van der Waals surface area contributed by atoms with E-state index in [1.54, 1.807) is 0 Å². The van der Waals surface area contributed by atoms with Crippen molar-refractivity contribution in [3.63, 3.8) is 0 Å². The summed E-state index contributed by atoms with van der Waals surface area (Å²) < 4.78 is 11.1. The van der Waals surface area contributed by atoms with Gasteiger partial charge in [-0.3, -0.25) is 0 Å². The normalized spacial score (nSPS) is 22.1. The van der Waals surface area contributed by atoms with Gasteiger partial charge in [0.05, 0.1) is 12.0 Å². The third-order valence-electron chi connectivity index (χ3n) is 3.99. The molecule has 114 valence electrons. The van der Waals surface area contributed by atoms with Crippen LogP contribution in [0.3, 0.4) is 0 Å². The molecule has 1 aromatic rings. The van der Waals surface area contributed by atoms with Gasteiger partial charge >= 0.3 is 0 Å². The van der Waals surface area contributed by atoms with Gasteiger partial charge in [0.1, 0.15) is 0 Å². The van der Waals surface area contributed by atoms with Crippen molar-refractivity contribution in [3.05, 3.63) is 11.7 Å². The lowest BCUT2D eigenvalue weighted by molar-refractivity contribution is 0.109. The average Bonchev–Trinajstić information content (AvgIpc) is 3.10. The number of aromatic nitrogens is 2. The van der Waals surface area contributed by atoms with Crippen LogP contribution in [0.1, 0.15) is 64.1 Å². The van der Waals surface area contributed by atoms with E-state index < -0.39 is 0 Å². The van der Waals surface area contributed by atoms with E-state index in [0.29, 0.717) is 6.04 Å². The molecule has 5 heteroatoms. The van der Waals surface area contributed by atoms with Crippen LogP contribution < -0.4 is 5.32 Å². The van der Waals surface area contributed by atoms with E-state index in [-0.39, 0.29) is 12.0 Å². The molecule has 1 aliphatic rings. The van der Waals surface area contributed by atoms with E-state index in [1.165, 1.54) is 0 Å². The van der Waals surface area contributed by atoms with Crippen molar-refractivity contribution in [1.82, 2.24) is 15.5 Å². The fourth-order valence-electron chi connectivity index (χ4n) is 2.77. The molecule has 1 aliphatic heterocycles. The molecule has 2 heterocycles. The summed E-state index contributed by atoms with van der Waals surface area (Å²) in [5.74, 6) is 1.83. The standard InChI is InChI=1S/C15H27N3O2/c1-4-8-16-11(3)13(5-2)15-17-14(18-20-15)10-12-7-6-9-19-12/h11-13,16H,4-10H2,1-3H3. The van der Waals surface area contributed by atoms with Gasteiger partial charge in [0.15, 0.2) is 5.82 Å². The molecule has 1 N–H and O–H groups in total. The van der Waals surface area contributed by atoms with Crippen molar-refractivity contribution in [2.45, 2.75) is 70.9 Å². The minimum atomic E-state index is 0.274. The van der Waals surface area contributed by atoms with Crippen LogP contribution in [0.2, 0.25) is 0 Å². The highest BCUT2D eigenvalue weighted by Gasteiger charge is 2.25. The van der Waals surface area contributed by atoms with Crippen molar-refractivity contribution in [2.75, 3.05) is 13.2 Å². The number of nitrogens with one attached hydrogen (secondary N) is 1. The number of rotatable bonds is 8. The molecule has 0 spiro atoms. The van der Waals surface area contributed by atoms with E-state index >= 15 is 0 Å². The van der Waals surface area contributed by atoms with E-state index in [9.17, 15) is 0 Å². The fraction of sp³-hybridized carbons (Fsp3) is 0.867. The second kappa shape index (κ2) is 7.74. The Labute approximate surface area is 121 Å². The van der Waals surface area contributed by atoms with E-state index in [1.807, 2.05) is 0 Å². The molecule has 1 fully saturated rings. The van der Waals surface area contributed by atoms with E-state index in [0.717, 1.165) is 57.0 Å². The van der Waals surface area contributed by atoms with Crippen LogP contribution in [0.25, 0.3) is 0 Å². The molecular weight excluding hydrogens is 254 g/mol. The van der Waals surface area contributed by atoms with Crippen molar-refractivity contribution in [2.24, 2.45) is 0 Å². The first-order chi connectivity index (χ1) is 9.74. The summed E-state index contributed by atoms with van der Waals surface area (Å²) in [7, 11) is 0. The highest BCUT2D eigenvalue weighted by atomic mass is 16.5. The van der Waals surface area contributed by atoms with Crippen LogP contribution in [0.4, 0.5) is 0 Å². The maximum absolute atomic E-state index is 5.62. The van der Waals surface area contributed by atoms with Crippen molar-refractivity contribution >= 4 is 0 Å². The number of nitrogens with zero attached hydrogens (tertiary/aromatic N) is 2. The van der Waals surface area contributed by atoms with Crippen molar-refractivity contribution in [1.29, 1.82) is 0 Å². The Morgan fingerprint density at radius 2 is 2.25 bits per heavy atom. The monoisotopic (exact) mass is 281 g/mol. The summed E-state index contributed by atoms with van der Waals surface area (Å²) in [6, 6.07) is 0.357. The van der Waals surface area contributed by atoms with Crippen LogP contribution in [-0.2, 0) is 11.2 Å². The summed E-state index contributed by atoms with van der Waals surface area (Å²) in [4.78, 5) is 4.58. The van der Waals surface area contributed by atoms with Gasteiger partial charge in [0, 0.05) is 19.1 Å². The third-order valence-corrected chi connectivity index (χ3v) is 3.99. The SMILES string of the molecule is CCCNC(C)C(CC)c1nc(CC2CCCO2)no1. The fourth-order valence-corrected chi connectivity index (χ4v) is 2.77. The predicted molar refractivity (Wildman–Crippen MR) is 77.8 cm³/mol. The average molecular weight is 281 g/mol. The van der Waals surface area contributed by atoms with Crippen LogP contribution in [0, 0.1) is 0 Å². The maximum Gasteiger partial charge on any atom is 0.231 e. The first-order valence-corrected chi connectivity index (χ1v) is 7.92. The lowest BCUT2D eigenvalue weighted by Gasteiger charge is -2.20. The molecule has 0 amide bonds. The number of hydrogen-bond acceptors (Lipinski definition) is 5. The zero-order valence-electron chi connectivity index (χ0n) is 12.9. The van der Waals surface area contributed by atoms with Gasteiger partial charge in [-0.2, -0.15) is 4.98 Å². The third kappa shape index (κ3) is 4.03. The van der Waals surface area contributed by atoms with E-state index in [4.69, 9.17) is 9.26 Å². The summed E-state index contributed by atoms with van der Waals surface area (Å²) in [5.41, 5.74) is 0. The van der Waals surface area contributed by atoms with Gasteiger partial charge in [-0.1, -0.05) is 19.0 Å². The first-order valence-electron chi connectivity index (χ1n) is 7.92. The Bertz CT molecular complexity index is 388. The number of ether oxygens (including phenoxy) is 1. The maximum atomic E-state index is 5.62. The Morgan fingerprint density at radius 1 is 1.40 bits per heavy atom. The summed E-state index contributed by atoms with van der Waals surface area (Å²) in [6.07, 6.45) is 5.43. The molecule has 3 unspecified atom stereocenters. The van der Waals surface area contributed by atoms with Gasteiger partial charge in [0.25, 0.3) is 0 Å². The second-order valence-electron chi connectivity index (χ2n) is 5.65. The molecule has 0 aliphatic carbocycles. The molecular formula is C15H27N3O2. The van der Waals surface area contributed by atoms with Crippen LogP contribution >= 0.6 is 0 Å². The Morgan fingerprint density at radius 3 is 2.90 bits per heavy atom. The molecule has 1 aromatic heterocycles. The highest BCUT2D eigenvalue weighted by molar-refractivity contribution is 4.99. The lowest BCUT2D eigenvalue weighted by Crippen LogP contribution is -2.32. The van der Waals surface area contributed by atoms with Crippen LogP contribution in [-0.4, -0.2) is 35.4 Å². The Kier molecular flexibility index (Phi) is 5.98. The smallest absolute Gasteiger partial charge is 0.231 e. The first kappa shape index (κ1) is 15.4. The van der Waals surface area contributed by atoms with Crippen LogP contribution in [0.15, 0.2) is 4.52 Å². The van der Waals surface area contributed by atoms with Crippen molar-refractivity contribution < 1.29 is 9.26 Å². The predicted octanol–water partition coefficient (Wildman–Crippen LogP) is 2.67. The molecule has 0 aromatic carbocycles. The number of hydrogen-bond donors (Lipinski definition) is 1. The van der Waals surface area contributed by atoms with Gasteiger partial charge < -0.3 is 14.6 Å². The molecule has 20 heavy (non-hydrogen) atoms. The van der Waals surface area contributed by atoms with Gasteiger partial charge in [-0.05, 0) is 39.2 Å². The van der Waals surface area contributed by atoms with Gasteiger partial charge in [0.2, 0.25) is 5.89 Å². The Hall–Kier alpha value is -0.940. The highest BCUT2D eigenvalue weighted by Crippen LogP contribution is 2.23. The van der Waals surface area contributed by atoms with Gasteiger partial charge in [-0.25, -0.2) is 0 Å². The topological polar surface area (TPSA) is 60.2 Å². The summed E-state index contributed by atoms with van der Waals surface area (Å²) >= 11 is 0. The largest absolute Gasteiger partial charge is 0.378 e.